The number of Topliss-reactive ketones (excluding diaryl/α,β-unsaturated/α-hetero) is 1. The second-order valence-electron chi connectivity index (χ2n) is 5.88. The monoisotopic (exact) mass is 384 g/mol. The molecule has 0 aromatic heterocycles. The van der Waals surface area contributed by atoms with Crippen LogP contribution in [0.3, 0.4) is 0 Å². The maximum absolute atomic E-state index is 12.8. The summed E-state index contributed by atoms with van der Waals surface area (Å²) in [6.07, 6.45) is 3.06. The molecule has 0 aliphatic heterocycles. The number of hydrogen-bond acceptors (Lipinski definition) is 1. The zero-order chi connectivity index (χ0) is 22.1. The molecule has 1 heteroatoms. The number of carbonyl (C=O) groups excluding carboxylic acids is 1. The number of aryl methyl sites for hydroxylation is 3. The van der Waals surface area contributed by atoms with Crippen molar-refractivity contribution in [3.05, 3.63) is 70.3 Å². The molecule has 0 N–H and O–H groups in total. The third-order valence-corrected chi connectivity index (χ3v) is 4.26. The number of hydrogen-bond donors (Lipinski definition) is 0. The second kappa shape index (κ2) is 17.2. The van der Waals surface area contributed by atoms with E-state index in [-0.39, 0.29) is 5.92 Å². The summed E-state index contributed by atoms with van der Waals surface area (Å²) in [7, 11) is 0. The van der Waals surface area contributed by atoms with Crippen LogP contribution in [0.5, 0.6) is 0 Å². The van der Waals surface area contributed by atoms with E-state index in [0.29, 0.717) is 5.78 Å². The molecule has 0 heterocycles. The fourth-order valence-corrected chi connectivity index (χ4v) is 3.10. The highest BCUT2D eigenvalue weighted by molar-refractivity contribution is 6.02. The van der Waals surface area contributed by atoms with Gasteiger partial charge in [0.25, 0.3) is 0 Å². The molecule has 2 aromatic carbocycles. The first kappa shape index (κ1) is 28.3. The van der Waals surface area contributed by atoms with Gasteiger partial charge >= 0.3 is 0 Å². The van der Waals surface area contributed by atoms with Crippen molar-refractivity contribution in [3.8, 4) is 0 Å². The van der Waals surface area contributed by atoms with E-state index in [1.165, 1.54) is 16.7 Å². The quantitative estimate of drug-likeness (QED) is 0.449. The van der Waals surface area contributed by atoms with Gasteiger partial charge in [-0.15, -0.1) is 0 Å². The van der Waals surface area contributed by atoms with E-state index in [1.54, 1.807) is 0 Å². The van der Waals surface area contributed by atoms with Crippen molar-refractivity contribution in [1.82, 2.24) is 0 Å². The molecule has 1 nitrogen and oxygen atoms in total. The summed E-state index contributed by atoms with van der Waals surface area (Å²) in [5, 5.41) is 0. The molecule has 0 bridgehead atoms. The van der Waals surface area contributed by atoms with Crippen molar-refractivity contribution in [2.75, 3.05) is 0 Å². The Kier molecular flexibility index (Phi) is 17.4. The lowest BCUT2D eigenvalue weighted by Crippen LogP contribution is -2.12. The number of fused-ring (bicyclic) bond motifs is 1. The highest BCUT2D eigenvalue weighted by atomic mass is 16.1. The lowest BCUT2D eigenvalue weighted by Gasteiger charge is -2.14. The minimum atomic E-state index is 0.0274. The zero-order valence-corrected chi connectivity index (χ0v) is 20.1. The van der Waals surface area contributed by atoms with Crippen LogP contribution in [0, 0.1) is 13.8 Å². The summed E-state index contributed by atoms with van der Waals surface area (Å²) in [5.41, 5.74) is 5.80. The van der Waals surface area contributed by atoms with Crippen LogP contribution in [-0.4, -0.2) is 5.78 Å². The Bertz CT molecular complexity index is 638. The largest absolute Gasteiger partial charge is 0.293 e. The van der Waals surface area contributed by atoms with Gasteiger partial charge in [0.1, 0.15) is 0 Å². The molecule has 1 aliphatic carbocycles. The number of benzene rings is 2. The van der Waals surface area contributed by atoms with Crippen molar-refractivity contribution >= 4 is 5.78 Å². The van der Waals surface area contributed by atoms with Gasteiger partial charge in [0, 0.05) is 11.5 Å². The fraction of sp³-hybridized carbons (Fsp3) is 0.519. The molecule has 2 aromatic rings. The van der Waals surface area contributed by atoms with Gasteiger partial charge in [0.05, 0.1) is 0 Å². The average Bonchev–Trinajstić information content (AvgIpc) is 2.93. The van der Waals surface area contributed by atoms with Crippen LogP contribution in [-0.2, 0) is 6.42 Å². The molecule has 0 radical (unpaired) electrons. The molecule has 0 saturated heterocycles. The van der Waals surface area contributed by atoms with Crippen LogP contribution in [0.15, 0.2) is 42.5 Å². The van der Waals surface area contributed by atoms with Crippen LogP contribution in [0.2, 0.25) is 0 Å². The minimum absolute atomic E-state index is 0.0274. The normalized spacial score (nSPS) is 14.1. The summed E-state index contributed by atoms with van der Waals surface area (Å²) in [4.78, 5) is 12.8. The first-order valence-electron chi connectivity index (χ1n) is 11.4. The fourth-order valence-electron chi connectivity index (χ4n) is 3.10. The van der Waals surface area contributed by atoms with E-state index in [4.69, 9.17) is 0 Å². The average molecular weight is 385 g/mol. The standard InChI is InChI=1S/C19H20O.4C2H6/c1-13-6-9-15(10-7-13)17-5-3-4-16-12-14(2)8-11-18(16)19(17)20;4*1-2/h6-12,17H,3-5H2,1-2H3;4*1-2H3. The Hall–Kier alpha value is -1.89. The Balaban J connectivity index is 0. The van der Waals surface area contributed by atoms with Gasteiger partial charge in [-0.05, 0) is 44.2 Å². The van der Waals surface area contributed by atoms with Crippen LogP contribution < -0.4 is 0 Å². The Morgan fingerprint density at radius 3 is 1.75 bits per heavy atom. The highest BCUT2D eigenvalue weighted by Gasteiger charge is 2.26. The van der Waals surface area contributed by atoms with Crippen LogP contribution in [0.1, 0.15) is 107 Å². The first-order valence-corrected chi connectivity index (χ1v) is 11.4. The van der Waals surface area contributed by atoms with Crippen molar-refractivity contribution < 1.29 is 4.79 Å². The van der Waals surface area contributed by atoms with Gasteiger partial charge < -0.3 is 0 Å². The summed E-state index contributed by atoms with van der Waals surface area (Å²) in [5.74, 6) is 0.320. The van der Waals surface area contributed by atoms with Gasteiger partial charge in [-0.1, -0.05) is 109 Å². The smallest absolute Gasteiger partial charge is 0.170 e. The van der Waals surface area contributed by atoms with Gasteiger partial charge in [0.15, 0.2) is 5.78 Å². The highest BCUT2D eigenvalue weighted by Crippen LogP contribution is 2.32. The SMILES string of the molecule is CC.CC.CC.CC.Cc1ccc(C2CCCc3cc(C)ccc3C2=O)cc1. The molecular formula is C27H44O. The van der Waals surface area contributed by atoms with E-state index in [2.05, 4.69) is 44.2 Å². The lowest BCUT2D eigenvalue weighted by atomic mass is 9.88. The van der Waals surface area contributed by atoms with Crippen molar-refractivity contribution in [3.63, 3.8) is 0 Å². The van der Waals surface area contributed by atoms with Gasteiger partial charge in [-0.25, -0.2) is 0 Å². The summed E-state index contributed by atoms with van der Waals surface area (Å²) < 4.78 is 0. The minimum Gasteiger partial charge on any atom is -0.293 e. The Labute approximate surface area is 175 Å². The predicted molar refractivity (Wildman–Crippen MR) is 128 cm³/mol. The van der Waals surface area contributed by atoms with E-state index in [1.807, 2.05) is 67.5 Å². The van der Waals surface area contributed by atoms with Gasteiger partial charge in [0.2, 0.25) is 0 Å². The molecule has 0 saturated carbocycles. The van der Waals surface area contributed by atoms with Crippen molar-refractivity contribution in [2.24, 2.45) is 0 Å². The zero-order valence-electron chi connectivity index (χ0n) is 20.1. The van der Waals surface area contributed by atoms with E-state index in [0.717, 1.165) is 30.4 Å². The molecule has 1 aliphatic rings. The topological polar surface area (TPSA) is 17.1 Å². The number of ketones is 1. The third kappa shape index (κ3) is 8.42. The maximum atomic E-state index is 12.8. The van der Waals surface area contributed by atoms with Crippen molar-refractivity contribution in [1.29, 1.82) is 0 Å². The summed E-state index contributed by atoms with van der Waals surface area (Å²) >= 11 is 0. The van der Waals surface area contributed by atoms with Crippen molar-refractivity contribution in [2.45, 2.75) is 94.4 Å². The van der Waals surface area contributed by atoms with E-state index >= 15 is 0 Å². The summed E-state index contributed by atoms with van der Waals surface area (Å²) in [6.45, 7) is 20.2. The molecule has 1 atom stereocenters. The predicted octanol–water partition coefficient (Wildman–Crippen LogP) is 8.71. The second-order valence-corrected chi connectivity index (χ2v) is 5.88. The maximum Gasteiger partial charge on any atom is 0.170 e. The Morgan fingerprint density at radius 2 is 1.21 bits per heavy atom. The Morgan fingerprint density at radius 1 is 0.714 bits per heavy atom. The van der Waals surface area contributed by atoms with Gasteiger partial charge in [-0.2, -0.15) is 0 Å². The van der Waals surface area contributed by atoms with E-state index < -0.39 is 0 Å². The number of carbonyl (C=O) groups is 1. The van der Waals surface area contributed by atoms with E-state index in [9.17, 15) is 4.79 Å². The first-order chi connectivity index (χ1) is 13.6. The van der Waals surface area contributed by atoms with Crippen LogP contribution >= 0.6 is 0 Å². The molecular weight excluding hydrogens is 340 g/mol. The lowest BCUT2D eigenvalue weighted by molar-refractivity contribution is 0.0957. The van der Waals surface area contributed by atoms with Crippen LogP contribution in [0.4, 0.5) is 0 Å². The third-order valence-electron chi connectivity index (χ3n) is 4.26. The van der Waals surface area contributed by atoms with Crippen LogP contribution in [0.25, 0.3) is 0 Å². The molecule has 158 valence electrons. The molecule has 28 heavy (non-hydrogen) atoms. The molecule has 0 spiro atoms. The number of rotatable bonds is 1. The molecule has 1 unspecified atom stereocenters. The summed E-state index contributed by atoms with van der Waals surface area (Å²) in [6, 6.07) is 14.7. The van der Waals surface area contributed by atoms with Gasteiger partial charge in [-0.3, -0.25) is 4.79 Å². The molecule has 3 rings (SSSR count). The molecule has 0 amide bonds. The molecule has 0 fully saturated rings.